The second-order valence-electron chi connectivity index (χ2n) is 6.52. The number of aliphatic imine (C=N–C) groups is 1. The summed E-state index contributed by atoms with van der Waals surface area (Å²) >= 11 is 0. The van der Waals surface area contributed by atoms with E-state index in [1.165, 1.54) is 17.0 Å². The van der Waals surface area contributed by atoms with Gasteiger partial charge in [-0.2, -0.15) is 26.3 Å². The molecule has 0 bridgehead atoms. The lowest BCUT2D eigenvalue weighted by atomic mass is 10.1. The van der Waals surface area contributed by atoms with Crippen LogP contribution in [0, 0.1) is 11.8 Å². The summed E-state index contributed by atoms with van der Waals surface area (Å²) in [5, 5.41) is 2.97. The van der Waals surface area contributed by atoms with Gasteiger partial charge in [-0.05, 0) is 25.1 Å². The second kappa shape index (κ2) is 11.1. The molecule has 1 saturated heterocycles. The molecule has 30 heavy (non-hydrogen) atoms. The number of hydrogen-bond acceptors (Lipinski definition) is 2. The van der Waals surface area contributed by atoms with Gasteiger partial charge in [-0.1, -0.05) is 17.9 Å². The van der Waals surface area contributed by atoms with Crippen LogP contribution < -0.4 is 5.32 Å². The zero-order valence-corrected chi connectivity index (χ0v) is 18.8. The zero-order valence-electron chi connectivity index (χ0n) is 16.4. The molecule has 1 aromatic carbocycles. The molecule has 1 N–H and O–H groups in total. The van der Waals surface area contributed by atoms with E-state index in [0.717, 1.165) is 19.1 Å². The Morgan fingerprint density at radius 3 is 2.30 bits per heavy atom. The summed E-state index contributed by atoms with van der Waals surface area (Å²) < 4.78 is 76.6. The second-order valence-corrected chi connectivity index (χ2v) is 6.52. The molecule has 2 rings (SSSR count). The van der Waals surface area contributed by atoms with Gasteiger partial charge in [0.15, 0.2) is 5.96 Å². The molecule has 0 saturated carbocycles. The molecule has 11 heteroatoms. The summed E-state index contributed by atoms with van der Waals surface area (Å²) in [4.78, 5) is 7.29. The Hall–Kier alpha value is -1.68. The Balaban J connectivity index is 0.00000450. The molecule has 0 aliphatic carbocycles. The zero-order chi connectivity index (χ0) is 21.7. The van der Waals surface area contributed by atoms with Crippen LogP contribution in [0.25, 0.3) is 0 Å². The van der Waals surface area contributed by atoms with Gasteiger partial charge in [-0.3, -0.25) is 9.89 Å². The van der Waals surface area contributed by atoms with E-state index < -0.39 is 24.0 Å². The van der Waals surface area contributed by atoms with Crippen LogP contribution >= 0.6 is 24.0 Å². The molecule has 0 amide bonds. The molecule has 0 aromatic heterocycles. The topological polar surface area (TPSA) is 30.9 Å². The van der Waals surface area contributed by atoms with Crippen LogP contribution in [0.5, 0.6) is 0 Å². The fourth-order valence-corrected chi connectivity index (χ4v) is 2.90. The van der Waals surface area contributed by atoms with Crippen molar-refractivity contribution in [3.05, 3.63) is 35.4 Å². The largest absolute Gasteiger partial charge is 0.416 e. The first-order valence-corrected chi connectivity index (χ1v) is 8.95. The van der Waals surface area contributed by atoms with E-state index in [2.05, 4.69) is 22.2 Å². The average Bonchev–Trinajstić information content (AvgIpc) is 2.66. The van der Waals surface area contributed by atoms with Crippen molar-refractivity contribution in [2.24, 2.45) is 4.99 Å². The summed E-state index contributed by atoms with van der Waals surface area (Å²) in [6.07, 6.45) is -8.69. The predicted molar refractivity (Wildman–Crippen MR) is 114 cm³/mol. The Kier molecular flexibility index (Phi) is 9.74. The molecule has 1 heterocycles. The Labute approximate surface area is 188 Å². The van der Waals surface area contributed by atoms with Crippen LogP contribution in [0.15, 0.2) is 29.3 Å². The summed E-state index contributed by atoms with van der Waals surface area (Å²) in [7, 11) is 1.55. The highest BCUT2D eigenvalue weighted by atomic mass is 127. The highest BCUT2D eigenvalue weighted by Crippen LogP contribution is 2.29. The minimum absolute atomic E-state index is 0. The Morgan fingerprint density at radius 1 is 1.13 bits per heavy atom. The Morgan fingerprint density at radius 2 is 1.77 bits per heavy atom. The SMILES string of the molecule is CN=C(NCC#Cc1cccc(C(F)(F)F)c1)N1CCN(C(C)C(F)(F)F)CC1.I. The normalized spacial score (nSPS) is 16.9. The van der Waals surface area contributed by atoms with Crippen molar-refractivity contribution < 1.29 is 26.3 Å². The lowest BCUT2D eigenvalue weighted by molar-refractivity contribution is -0.181. The molecule has 0 spiro atoms. The lowest BCUT2D eigenvalue weighted by Crippen LogP contribution is -2.56. The maximum Gasteiger partial charge on any atom is 0.416 e. The predicted octanol–water partition coefficient (Wildman–Crippen LogP) is 3.82. The number of benzene rings is 1. The van der Waals surface area contributed by atoms with Gasteiger partial charge in [0.1, 0.15) is 6.04 Å². The van der Waals surface area contributed by atoms with Gasteiger partial charge in [-0.15, -0.1) is 24.0 Å². The van der Waals surface area contributed by atoms with Gasteiger partial charge in [0.25, 0.3) is 0 Å². The van der Waals surface area contributed by atoms with E-state index in [1.54, 1.807) is 7.05 Å². The molecule has 1 aromatic rings. The van der Waals surface area contributed by atoms with Gasteiger partial charge < -0.3 is 10.2 Å². The summed E-state index contributed by atoms with van der Waals surface area (Å²) in [5.41, 5.74) is -0.523. The highest BCUT2D eigenvalue weighted by Gasteiger charge is 2.41. The number of alkyl halides is 6. The molecular weight excluding hydrogens is 525 g/mol. The molecule has 168 valence electrons. The van der Waals surface area contributed by atoms with Crippen LogP contribution in [0.2, 0.25) is 0 Å². The fourth-order valence-electron chi connectivity index (χ4n) is 2.90. The summed E-state index contributed by atoms with van der Waals surface area (Å²) in [6, 6.07) is 3.23. The number of hydrogen-bond donors (Lipinski definition) is 1. The fraction of sp³-hybridized carbons (Fsp3) is 0.526. The smallest absolute Gasteiger partial charge is 0.345 e. The van der Waals surface area contributed by atoms with Gasteiger partial charge in [0.2, 0.25) is 0 Å². The van der Waals surface area contributed by atoms with Crippen molar-refractivity contribution >= 4 is 29.9 Å². The van der Waals surface area contributed by atoms with Crippen LogP contribution in [0.3, 0.4) is 0 Å². The lowest BCUT2D eigenvalue weighted by Gasteiger charge is -2.39. The third-order valence-corrected chi connectivity index (χ3v) is 4.60. The van der Waals surface area contributed by atoms with Crippen molar-refractivity contribution in [3.63, 3.8) is 0 Å². The third-order valence-electron chi connectivity index (χ3n) is 4.60. The average molecular weight is 548 g/mol. The van der Waals surface area contributed by atoms with Gasteiger partial charge in [0, 0.05) is 38.8 Å². The number of rotatable bonds is 2. The number of nitrogens with zero attached hydrogens (tertiary/aromatic N) is 3. The van der Waals surface area contributed by atoms with Gasteiger partial charge in [0.05, 0.1) is 12.1 Å². The number of nitrogens with one attached hydrogen (secondary N) is 1. The van der Waals surface area contributed by atoms with E-state index in [4.69, 9.17) is 0 Å². The molecule has 1 aliphatic rings. The first-order chi connectivity index (χ1) is 13.5. The van der Waals surface area contributed by atoms with Crippen molar-refractivity contribution in [2.75, 3.05) is 39.8 Å². The van der Waals surface area contributed by atoms with E-state index in [9.17, 15) is 26.3 Å². The maximum atomic E-state index is 12.8. The molecule has 1 atom stereocenters. The molecule has 1 unspecified atom stereocenters. The molecule has 0 radical (unpaired) electrons. The number of guanidine groups is 1. The highest BCUT2D eigenvalue weighted by molar-refractivity contribution is 14.0. The molecule has 4 nitrogen and oxygen atoms in total. The third kappa shape index (κ3) is 7.54. The van der Waals surface area contributed by atoms with E-state index >= 15 is 0 Å². The van der Waals surface area contributed by atoms with Crippen LogP contribution in [-0.2, 0) is 6.18 Å². The number of halogens is 7. The van der Waals surface area contributed by atoms with Crippen LogP contribution in [0.4, 0.5) is 26.3 Å². The Bertz CT molecular complexity index is 774. The van der Waals surface area contributed by atoms with E-state index in [0.29, 0.717) is 19.0 Å². The van der Waals surface area contributed by atoms with Crippen LogP contribution in [0.1, 0.15) is 18.1 Å². The van der Waals surface area contributed by atoms with E-state index in [-0.39, 0.29) is 49.2 Å². The van der Waals surface area contributed by atoms with Crippen molar-refractivity contribution in [2.45, 2.75) is 25.3 Å². The molecular formula is C19H23F6IN4. The van der Waals surface area contributed by atoms with Crippen molar-refractivity contribution in [1.82, 2.24) is 15.1 Å². The van der Waals surface area contributed by atoms with Crippen LogP contribution in [-0.4, -0.2) is 67.7 Å². The standard InChI is InChI=1S/C19H22F6N4.HI/c1-14(18(20,21)22)28-9-11-29(12-10-28)17(26-2)27-8-4-6-15-5-3-7-16(13-15)19(23,24)25;/h3,5,7,13-14H,8-12H2,1-2H3,(H,26,27);1H. The van der Waals surface area contributed by atoms with Crippen molar-refractivity contribution in [3.8, 4) is 11.8 Å². The minimum atomic E-state index is -4.43. The monoisotopic (exact) mass is 548 g/mol. The maximum absolute atomic E-state index is 12.8. The number of piperazine rings is 1. The van der Waals surface area contributed by atoms with Crippen molar-refractivity contribution in [1.29, 1.82) is 0 Å². The molecule has 1 fully saturated rings. The first kappa shape index (κ1) is 26.4. The quantitative estimate of drug-likeness (QED) is 0.201. The summed E-state index contributed by atoms with van der Waals surface area (Å²) in [6.45, 7) is 2.53. The van der Waals surface area contributed by atoms with Gasteiger partial charge >= 0.3 is 12.4 Å². The summed E-state index contributed by atoms with van der Waals surface area (Å²) in [5.74, 6) is 5.88. The first-order valence-electron chi connectivity index (χ1n) is 8.95. The van der Waals surface area contributed by atoms with Gasteiger partial charge in [-0.25, -0.2) is 0 Å². The minimum Gasteiger partial charge on any atom is -0.345 e. The molecule has 1 aliphatic heterocycles. The van der Waals surface area contributed by atoms with E-state index in [1.807, 2.05) is 4.90 Å².